The Bertz CT molecular complexity index is 528. The number of nitrogen functional groups attached to an aromatic ring is 1. The summed E-state index contributed by atoms with van der Waals surface area (Å²) in [5.74, 6) is 0.496. The maximum Gasteiger partial charge on any atom is 0.201 e. The Morgan fingerprint density at radius 1 is 1.60 bits per heavy atom. The normalized spacial score (nSPS) is 10.8. The minimum Gasteiger partial charge on any atom is -0.369 e. The summed E-state index contributed by atoms with van der Waals surface area (Å²) in [6, 6.07) is 5.56. The van der Waals surface area contributed by atoms with Gasteiger partial charge in [-0.15, -0.1) is 0 Å². The van der Waals surface area contributed by atoms with E-state index >= 15 is 0 Å². The molecule has 2 aromatic rings. The Kier molecular flexibility index (Phi) is 2.40. The van der Waals surface area contributed by atoms with E-state index < -0.39 is 0 Å². The Hall–Kier alpha value is -1.48. The van der Waals surface area contributed by atoms with Gasteiger partial charge in [0.25, 0.3) is 0 Å². The molecular weight excluding hydrogens is 210 g/mol. The van der Waals surface area contributed by atoms with Crippen LogP contribution < -0.4 is 5.73 Å². The summed E-state index contributed by atoms with van der Waals surface area (Å²) < 4.78 is 1.92. The number of rotatable bonds is 2. The first-order valence-electron chi connectivity index (χ1n) is 4.63. The highest BCUT2D eigenvalue weighted by Crippen LogP contribution is 2.22. The number of fused-ring (bicyclic) bond motifs is 1. The summed E-state index contributed by atoms with van der Waals surface area (Å²) in [7, 11) is 0. The summed E-state index contributed by atoms with van der Waals surface area (Å²) in [4.78, 5) is 4.24. The monoisotopic (exact) mass is 221 g/mol. The van der Waals surface area contributed by atoms with Crippen molar-refractivity contribution in [3.8, 4) is 0 Å². The molecule has 1 aromatic heterocycles. The van der Waals surface area contributed by atoms with Gasteiger partial charge in [0.1, 0.15) is 0 Å². The van der Waals surface area contributed by atoms with Crippen molar-refractivity contribution in [2.24, 2.45) is 0 Å². The molecule has 0 radical (unpaired) electrons. The van der Waals surface area contributed by atoms with Crippen LogP contribution in [0, 0.1) is 0 Å². The van der Waals surface area contributed by atoms with Crippen LogP contribution in [0.2, 0.25) is 5.02 Å². The lowest BCUT2D eigenvalue weighted by atomic mass is 10.3. The van der Waals surface area contributed by atoms with Crippen molar-refractivity contribution in [3.05, 3.63) is 35.4 Å². The maximum absolute atomic E-state index is 5.88. The number of aromatic nitrogens is 2. The number of nitrogens with two attached hydrogens (primary N) is 1. The maximum atomic E-state index is 5.88. The van der Waals surface area contributed by atoms with Gasteiger partial charge in [-0.2, -0.15) is 0 Å². The Balaban J connectivity index is 2.63. The van der Waals surface area contributed by atoms with Crippen LogP contribution in [0.1, 0.15) is 6.92 Å². The van der Waals surface area contributed by atoms with Gasteiger partial charge in [-0.25, -0.2) is 4.98 Å². The molecule has 3 nitrogen and oxygen atoms in total. The predicted octanol–water partition coefficient (Wildman–Crippen LogP) is 2.85. The number of hydrogen-bond donors (Lipinski definition) is 1. The molecular formula is C11H12ClN3. The molecule has 0 unspecified atom stereocenters. The van der Waals surface area contributed by atoms with Gasteiger partial charge in [0, 0.05) is 11.6 Å². The third kappa shape index (κ3) is 1.83. The standard InChI is InChI=1S/C11H12ClN3/c1-7(2)6-15-10-4-3-8(12)5-9(10)14-11(15)13/h3-5H,1,6H2,2H3,(H2,13,14). The van der Waals surface area contributed by atoms with E-state index in [0.29, 0.717) is 17.5 Å². The molecule has 0 saturated carbocycles. The molecule has 0 aliphatic heterocycles. The minimum absolute atomic E-state index is 0.496. The van der Waals surface area contributed by atoms with E-state index in [1.807, 2.05) is 29.7 Å². The van der Waals surface area contributed by atoms with Gasteiger partial charge >= 0.3 is 0 Å². The first kappa shape index (κ1) is 10.1. The van der Waals surface area contributed by atoms with Crippen molar-refractivity contribution in [3.63, 3.8) is 0 Å². The summed E-state index contributed by atoms with van der Waals surface area (Å²) in [6.45, 7) is 6.51. The second kappa shape index (κ2) is 3.59. The molecule has 1 aromatic carbocycles. The zero-order valence-electron chi connectivity index (χ0n) is 8.50. The van der Waals surface area contributed by atoms with Gasteiger partial charge in [-0.3, -0.25) is 0 Å². The number of anilines is 1. The van der Waals surface area contributed by atoms with Gasteiger partial charge in [-0.05, 0) is 25.1 Å². The van der Waals surface area contributed by atoms with Crippen LogP contribution in [0.15, 0.2) is 30.4 Å². The first-order chi connectivity index (χ1) is 7.08. The number of halogens is 1. The van der Waals surface area contributed by atoms with Crippen molar-refractivity contribution < 1.29 is 0 Å². The van der Waals surface area contributed by atoms with Crippen molar-refractivity contribution in [1.29, 1.82) is 0 Å². The summed E-state index contributed by atoms with van der Waals surface area (Å²) >= 11 is 5.88. The van der Waals surface area contributed by atoms with Gasteiger partial charge in [-0.1, -0.05) is 23.8 Å². The quantitative estimate of drug-likeness (QED) is 0.793. The van der Waals surface area contributed by atoms with Crippen LogP contribution in [0.25, 0.3) is 11.0 Å². The third-order valence-electron chi connectivity index (χ3n) is 2.17. The molecule has 0 saturated heterocycles. The van der Waals surface area contributed by atoms with Crippen molar-refractivity contribution in [1.82, 2.24) is 9.55 Å². The average Bonchev–Trinajstić information content (AvgIpc) is 2.41. The van der Waals surface area contributed by atoms with E-state index in [1.165, 1.54) is 0 Å². The molecule has 2 rings (SSSR count). The smallest absolute Gasteiger partial charge is 0.201 e. The molecule has 78 valence electrons. The summed E-state index contributed by atoms with van der Waals surface area (Å²) in [5, 5.41) is 0.669. The highest BCUT2D eigenvalue weighted by Gasteiger charge is 2.07. The number of hydrogen-bond acceptors (Lipinski definition) is 2. The third-order valence-corrected chi connectivity index (χ3v) is 2.40. The minimum atomic E-state index is 0.496. The highest BCUT2D eigenvalue weighted by atomic mass is 35.5. The zero-order valence-corrected chi connectivity index (χ0v) is 9.25. The molecule has 4 heteroatoms. The molecule has 0 atom stereocenters. The lowest BCUT2D eigenvalue weighted by molar-refractivity contribution is 0.824. The molecule has 2 N–H and O–H groups in total. The van der Waals surface area contributed by atoms with Gasteiger partial charge in [0.05, 0.1) is 11.0 Å². The van der Waals surface area contributed by atoms with Crippen molar-refractivity contribution in [2.45, 2.75) is 13.5 Å². The molecule has 1 heterocycles. The first-order valence-corrected chi connectivity index (χ1v) is 5.01. The van der Waals surface area contributed by atoms with Gasteiger partial charge < -0.3 is 10.3 Å². The number of benzene rings is 1. The Morgan fingerprint density at radius 2 is 2.33 bits per heavy atom. The molecule has 15 heavy (non-hydrogen) atoms. The van der Waals surface area contributed by atoms with E-state index in [0.717, 1.165) is 16.6 Å². The van der Waals surface area contributed by atoms with E-state index in [-0.39, 0.29) is 0 Å². The fraction of sp³-hybridized carbons (Fsp3) is 0.182. The largest absolute Gasteiger partial charge is 0.369 e. The zero-order chi connectivity index (χ0) is 11.0. The topological polar surface area (TPSA) is 43.8 Å². The van der Waals surface area contributed by atoms with Crippen molar-refractivity contribution >= 4 is 28.6 Å². The molecule has 0 aliphatic rings. The fourth-order valence-electron chi connectivity index (χ4n) is 1.56. The van der Waals surface area contributed by atoms with E-state index in [9.17, 15) is 0 Å². The summed E-state index contributed by atoms with van der Waals surface area (Å²) in [5.41, 5.74) is 8.66. The van der Waals surface area contributed by atoms with Crippen LogP contribution in [0.5, 0.6) is 0 Å². The lowest BCUT2D eigenvalue weighted by Gasteiger charge is -2.05. The van der Waals surface area contributed by atoms with Gasteiger partial charge in [0.2, 0.25) is 5.95 Å². The Morgan fingerprint density at radius 3 is 3.00 bits per heavy atom. The molecule has 0 bridgehead atoms. The van der Waals surface area contributed by atoms with Crippen molar-refractivity contribution in [2.75, 3.05) is 5.73 Å². The van der Waals surface area contributed by atoms with E-state index in [2.05, 4.69) is 11.6 Å². The van der Waals surface area contributed by atoms with Crippen LogP contribution >= 0.6 is 11.6 Å². The number of nitrogens with zero attached hydrogens (tertiary/aromatic N) is 2. The number of allylic oxidation sites excluding steroid dienone is 1. The summed E-state index contributed by atoms with van der Waals surface area (Å²) in [6.07, 6.45) is 0. The van der Waals surface area contributed by atoms with Crippen LogP contribution in [-0.4, -0.2) is 9.55 Å². The van der Waals surface area contributed by atoms with Gasteiger partial charge in [0.15, 0.2) is 0 Å². The van der Waals surface area contributed by atoms with E-state index in [4.69, 9.17) is 17.3 Å². The van der Waals surface area contributed by atoms with Crippen LogP contribution in [0.4, 0.5) is 5.95 Å². The molecule has 0 fully saturated rings. The predicted molar refractivity (Wildman–Crippen MR) is 64.0 cm³/mol. The lowest BCUT2D eigenvalue weighted by Crippen LogP contribution is -2.03. The Labute approximate surface area is 93.2 Å². The van der Waals surface area contributed by atoms with Crippen LogP contribution in [0.3, 0.4) is 0 Å². The second-order valence-corrected chi connectivity index (χ2v) is 4.08. The molecule has 0 aliphatic carbocycles. The fourth-order valence-corrected chi connectivity index (χ4v) is 1.72. The highest BCUT2D eigenvalue weighted by molar-refractivity contribution is 6.31. The molecule has 0 amide bonds. The second-order valence-electron chi connectivity index (χ2n) is 3.65. The molecule has 0 spiro atoms. The van der Waals surface area contributed by atoms with E-state index in [1.54, 1.807) is 0 Å². The van der Waals surface area contributed by atoms with Crippen LogP contribution in [-0.2, 0) is 6.54 Å². The number of imidazole rings is 1. The SMILES string of the molecule is C=C(C)Cn1c(N)nc2cc(Cl)ccc21. The average molecular weight is 222 g/mol.